The lowest BCUT2D eigenvalue weighted by Gasteiger charge is -2.22. The molecule has 0 atom stereocenters. The Morgan fingerprint density at radius 1 is 1.25 bits per heavy atom. The van der Waals surface area contributed by atoms with E-state index in [4.69, 9.17) is 0 Å². The highest BCUT2D eigenvalue weighted by atomic mass is 79.9. The molecule has 0 aliphatic rings. The number of benzene rings is 2. The van der Waals surface area contributed by atoms with E-state index < -0.39 is 5.97 Å². The van der Waals surface area contributed by atoms with Gasteiger partial charge in [-0.15, -0.1) is 0 Å². The van der Waals surface area contributed by atoms with Crippen LogP contribution in [-0.2, 0) is 6.54 Å². The van der Waals surface area contributed by atoms with Gasteiger partial charge in [0.1, 0.15) is 0 Å². The van der Waals surface area contributed by atoms with Crippen LogP contribution >= 0.6 is 15.9 Å². The third-order valence-electron chi connectivity index (χ3n) is 3.12. The molecule has 0 radical (unpaired) electrons. The van der Waals surface area contributed by atoms with Crippen molar-refractivity contribution in [3.8, 4) is 0 Å². The minimum atomic E-state index is -0.927. The van der Waals surface area contributed by atoms with E-state index in [0.717, 1.165) is 5.56 Å². The highest BCUT2D eigenvalue weighted by Gasteiger charge is 2.16. The van der Waals surface area contributed by atoms with E-state index in [0.29, 0.717) is 22.3 Å². The molecule has 104 valence electrons. The van der Waals surface area contributed by atoms with E-state index in [-0.39, 0.29) is 0 Å². The van der Waals surface area contributed by atoms with Gasteiger partial charge in [0.15, 0.2) is 0 Å². The summed E-state index contributed by atoms with van der Waals surface area (Å²) in [5.41, 5.74) is 3.35. The zero-order chi connectivity index (χ0) is 14.7. The monoisotopic (exact) mass is 333 g/mol. The van der Waals surface area contributed by atoms with Gasteiger partial charge in [-0.25, -0.2) is 4.79 Å². The molecule has 2 aromatic carbocycles. The fourth-order valence-corrected chi connectivity index (χ4v) is 2.74. The van der Waals surface area contributed by atoms with Crippen molar-refractivity contribution in [2.24, 2.45) is 0 Å². The maximum atomic E-state index is 11.4. The summed E-state index contributed by atoms with van der Waals surface area (Å²) in [6, 6.07) is 13.6. The zero-order valence-electron chi connectivity index (χ0n) is 11.4. The molecule has 0 unspecified atom stereocenters. The summed E-state index contributed by atoms with van der Waals surface area (Å²) in [5, 5.41) is 9.35. The number of hydrogen-bond donors (Lipinski definition) is 1. The van der Waals surface area contributed by atoms with Crippen molar-refractivity contribution in [2.45, 2.75) is 13.5 Å². The van der Waals surface area contributed by atoms with Crippen LogP contribution in [0.15, 0.2) is 46.9 Å². The third kappa shape index (κ3) is 3.20. The molecule has 3 nitrogen and oxygen atoms in total. The van der Waals surface area contributed by atoms with Gasteiger partial charge < -0.3 is 10.0 Å². The normalized spacial score (nSPS) is 10.3. The van der Waals surface area contributed by atoms with Crippen LogP contribution in [0, 0.1) is 6.92 Å². The van der Waals surface area contributed by atoms with Crippen molar-refractivity contribution in [1.29, 1.82) is 0 Å². The van der Waals surface area contributed by atoms with Gasteiger partial charge in [0.2, 0.25) is 0 Å². The second-order valence-electron chi connectivity index (χ2n) is 4.78. The Balaban J connectivity index is 2.32. The molecule has 0 fully saturated rings. The molecule has 20 heavy (non-hydrogen) atoms. The van der Waals surface area contributed by atoms with Crippen LogP contribution in [-0.4, -0.2) is 18.1 Å². The lowest BCUT2D eigenvalue weighted by Crippen LogP contribution is -2.19. The van der Waals surface area contributed by atoms with Crippen LogP contribution in [0.1, 0.15) is 21.5 Å². The van der Waals surface area contributed by atoms with E-state index in [1.54, 1.807) is 6.07 Å². The molecule has 0 heterocycles. The van der Waals surface area contributed by atoms with Gasteiger partial charge in [-0.05, 0) is 40.5 Å². The molecule has 0 bridgehead atoms. The lowest BCUT2D eigenvalue weighted by molar-refractivity contribution is 0.0696. The van der Waals surface area contributed by atoms with Gasteiger partial charge in [-0.1, -0.05) is 35.9 Å². The lowest BCUT2D eigenvalue weighted by atomic mass is 10.1. The van der Waals surface area contributed by atoms with E-state index in [2.05, 4.69) is 22.0 Å². The number of carboxylic acids is 1. The predicted octanol–water partition coefficient (Wildman–Crippen LogP) is 4.09. The fourth-order valence-electron chi connectivity index (χ4n) is 2.21. The third-order valence-corrected chi connectivity index (χ3v) is 3.78. The Labute approximate surface area is 127 Å². The van der Waals surface area contributed by atoms with Crippen molar-refractivity contribution in [2.75, 3.05) is 11.9 Å². The number of aromatic carboxylic acids is 1. The number of aryl methyl sites for hydroxylation is 1. The van der Waals surface area contributed by atoms with E-state index >= 15 is 0 Å². The summed E-state index contributed by atoms with van der Waals surface area (Å²) in [4.78, 5) is 13.3. The molecule has 1 N–H and O–H groups in total. The number of rotatable bonds is 4. The second kappa shape index (κ2) is 6.09. The van der Waals surface area contributed by atoms with Crippen LogP contribution in [0.3, 0.4) is 0 Å². The molecule has 0 saturated carbocycles. The average Bonchev–Trinajstić information content (AvgIpc) is 2.37. The Morgan fingerprint density at radius 2 is 1.95 bits per heavy atom. The van der Waals surface area contributed by atoms with Crippen LogP contribution in [0.5, 0.6) is 0 Å². The average molecular weight is 334 g/mol. The number of hydrogen-bond acceptors (Lipinski definition) is 2. The molecule has 2 rings (SSSR count). The minimum absolute atomic E-state index is 0.294. The summed E-state index contributed by atoms with van der Waals surface area (Å²) in [6.07, 6.45) is 0. The van der Waals surface area contributed by atoms with Gasteiger partial charge in [-0.3, -0.25) is 0 Å². The number of carboxylic acid groups (broad SMARTS) is 1. The Kier molecular flexibility index (Phi) is 4.45. The maximum Gasteiger partial charge on any atom is 0.338 e. The molecule has 0 aliphatic heterocycles. The zero-order valence-corrected chi connectivity index (χ0v) is 13.0. The van der Waals surface area contributed by atoms with Crippen molar-refractivity contribution < 1.29 is 9.90 Å². The SMILES string of the molecule is Cc1cccc(CN(C)c2cccc(Br)c2C(=O)O)c1. The molecular weight excluding hydrogens is 318 g/mol. The smallest absolute Gasteiger partial charge is 0.338 e. The summed E-state index contributed by atoms with van der Waals surface area (Å²) in [5.74, 6) is -0.927. The molecular formula is C16H16BrNO2. The summed E-state index contributed by atoms with van der Waals surface area (Å²) in [6.45, 7) is 2.71. The van der Waals surface area contributed by atoms with Crippen LogP contribution < -0.4 is 4.90 Å². The molecule has 2 aromatic rings. The molecule has 0 amide bonds. The van der Waals surface area contributed by atoms with Crippen LogP contribution in [0.4, 0.5) is 5.69 Å². The quantitative estimate of drug-likeness (QED) is 0.915. The topological polar surface area (TPSA) is 40.5 Å². The first-order valence-corrected chi connectivity index (χ1v) is 7.07. The number of carbonyl (C=O) groups is 1. The number of nitrogens with zero attached hydrogens (tertiary/aromatic N) is 1. The summed E-state index contributed by atoms with van der Waals surface area (Å²) in [7, 11) is 1.90. The molecule has 0 aromatic heterocycles. The standard InChI is InChI=1S/C16H16BrNO2/c1-11-5-3-6-12(9-11)10-18(2)14-8-4-7-13(17)15(14)16(19)20/h3-9H,10H2,1-2H3,(H,19,20). The van der Waals surface area contributed by atoms with Crippen LogP contribution in [0.25, 0.3) is 0 Å². The van der Waals surface area contributed by atoms with E-state index in [1.165, 1.54) is 5.56 Å². The van der Waals surface area contributed by atoms with Gasteiger partial charge >= 0.3 is 5.97 Å². The first-order valence-electron chi connectivity index (χ1n) is 6.27. The van der Waals surface area contributed by atoms with Crippen LogP contribution in [0.2, 0.25) is 0 Å². The van der Waals surface area contributed by atoms with Crippen molar-refractivity contribution in [3.05, 3.63) is 63.6 Å². The van der Waals surface area contributed by atoms with Gasteiger partial charge in [0.05, 0.1) is 11.3 Å². The summed E-state index contributed by atoms with van der Waals surface area (Å²) >= 11 is 3.31. The fraction of sp³-hybridized carbons (Fsp3) is 0.188. The Hall–Kier alpha value is -1.81. The first kappa shape index (κ1) is 14.6. The largest absolute Gasteiger partial charge is 0.478 e. The molecule has 4 heteroatoms. The first-order chi connectivity index (χ1) is 9.49. The highest BCUT2D eigenvalue weighted by Crippen LogP contribution is 2.28. The number of halogens is 1. The summed E-state index contributed by atoms with van der Waals surface area (Å²) < 4.78 is 0.596. The number of anilines is 1. The molecule has 0 saturated heterocycles. The predicted molar refractivity (Wildman–Crippen MR) is 84.4 cm³/mol. The molecule has 0 spiro atoms. The van der Waals surface area contributed by atoms with Crippen molar-refractivity contribution in [3.63, 3.8) is 0 Å². The molecule has 0 aliphatic carbocycles. The van der Waals surface area contributed by atoms with E-state index in [9.17, 15) is 9.90 Å². The van der Waals surface area contributed by atoms with Crippen molar-refractivity contribution in [1.82, 2.24) is 0 Å². The maximum absolute atomic E-state index is 11.4. The van der Waals surface area contributed by atoms with E-state index in [1.807, 2.05) is 49.2 Å². The Bertz CT molecular complexity index is 640. The highest BCUT2D eigenvalue weighted by molar-refractivity contribution is 9.10. The minimum Gasteiger partial charge on any atom is -0.478 e. The van der Waals surface area contributed by atoms with Crippen molar-refractivity contribution >= 4 is 27.6 Å². The Morgan fingerprint density at radius 3 is 2.60 bits per heavy atom. The van der Waals surface area contributed by atoms with Gasteiger partial charge in [-0.2, -0.15) is 0 Å². The second-order valence-corrected chi connectivity index (χ2v) is 5.64. The van der Waals surface area contributed by atoms with Gasteiger partial charge in [0, 0.05) is 18.1 Å². The van der Waals surface area contributed by atoms with Gasteiger partial charge in [0.25, 0.3) is 0 Å².